The van der Waals surface area contributed by atoms with Crippen LogP contribution in [-0.2, 0) is 4.79 Å². The van der Waals surface area contributed by atoms with Crippen LogP contribution in [0.5, 0.6) is 0 Å². The van der Waals surface area contributed by atoms with E-state index in [4.69, 9.17) is 6.42 Å². The summed E-state index contributed by atoms with van der Waals surface area (Å²) in [6.07, 6.45) is 19.2. The third-order valence-electron chi connectivity index (χ3n) is 7.98. The zero-order valence-corrected chi connectivity index (χ0v) is 22.0. The van der Waals surface area contributed by atoms with E-state index >= 15 is 0 Å². The summed E-state index contributed by atoms with van der Waals surface area (Å²) >= 11 is 0. The van der Waals surface area contributed by atoms with Crippen LogP contribution in [0.2, 0.25) is 0 Å². The van der Waals surface area contributed by atoms with Crippen LogP contribution in [-0.4, -0.2) is 5.91 Å². The first-order chi connectivity index (χ1) is 15.9. The molecular weight excluding hydrogens is 414 g/mol. The maximum absolute atomic E-state index is 13.1. The lowest BCUT2D eigenvalue weighted by atomic mass is 9.60. The third-order valence-corrected chi connectivity index (χ3v) is 7.98. The molecule has 1 fully saturated rings. The van der Waals surface area contributed by atoms with Gasteiger partial charge in [-0.05, 0) is 90.0 Å². The van der Waals surface area contributed by atoms with Gasteiger partial charge in [0, 0.05) is 28.8 Å². The number of carbonyl (C=O) groups excluding carboxylic acids is 1. The van der Waals surface area contributed by atoms with Crippen LogP contribution in [0.3, 0.4) is 0 Å². The Balaban J connectivity index is 1.66. The van der Waals surface area contributed by atoms with E-state index in [1.54, 1.807) is 0 Å². The summed E-state index contributed by atoms with van der Waals surface area (Å²) < 4.78 is 0. The highest BCUT2D eigenvalue weighted by Crippen LogP contribution is 2.52. The van der Waals surface area contributed by atoms with Gasteiger partial charge in [-0.2, -0.15) is 0 Å². The van der Waals surface area contributed by atoms with Crippen molar-refractivity contribution >= 4 is 17.2 Å². The third kappa shape index (κ3) is 5.57. The number of hydrogen-bond acceptors (Lipinski definition) is 1. The van der Waals surface area contributed by atoms with Crippen LogP contribution >= 0.6 is 0 Å². The fourth-order valence-electron chi connectivity index (χ4n) is 6.58. The van der Waals surface area contributed by atoms with E-state index in [1.165, 1.54) is 42.4 Å². The second-order valence-corrected chi connectivity index (χ2v) is 13.2. The van der Waals surface area contributed by atoms with Crippen molar-refractivity contribution in [3.8, 4) is 12.3 Å². The SMILES string of the molecule is C#CC1=CC=C(C(=O)Nc2ccc(C3CC(C)(C)CC(C)(C)C3)cc2C2=CCC(C)(C)CC2)C1. The Labute approximate surface area is 207 Å². The molecule has 3 aliphatic rings. The topological polar surface area (TPSA) is 29.1 Å². The molecule has 2 heteroatoms. The molecule has 0 unspecified atom stereocenters. The van der Waals surface area contributed by atoms with Crippen molar-refractivity contribution in [1.29, 1.82) is 0 Å². The van der Waals surface area contributed by atoms with E-state index in [0.29, 0.717) is 28.6 Å². The first-order valence-corrected chi connectivity index (χ1v) is 12.9. The molecule has 180 valence electrons. The average molecular weight is 456 g/mol. The molecule has 1 N–H and O–H groups in total. The summed E-state index contributed by atoms with van der Waals surface area (Å²) in [5, 5.41) is 3.23. The van der Waals surface area contributed by atoms with E-state index in [0.717, 1.165) is 29.7 Å². The molecule has 1 amide bonds. The van der Waals surface area contributed by atoms with Gasteiger partial charge in [0.25, 0.3) is 5.91 Å². The second-order valence-electron chi connectivity index (χ2n) is 13.2. The zero-order valence-electron chi connectivity index (χ0n) is 22.0. The molecule has 3 aliphatic carbocycles. The summed E-state index contributed by atoms with van der Waals surface area (Å²) in [7, 11) is 0. The maximum Gasteiger partial charge on any atom is 0.251 e. The van der Waals surface area contributed by atoms with Gasteiger partial charge in [0.15, 0.2) is 0 Å². The fraction of sp³-hybridized carbons (Fsp3) is 0.531. The lowest BCUT2D eigenvalue weighted by Crippen LogP contribution is -2.33. The number of terminal acetylenes is 1. The number of allylic oxidation sites excluding steroid dienone is 5. The predicted octanol–water partition coefficient (Wildman–Crippen LogP) is 8.43. The molecule has 0 bridgehead atoms. The Morgan fingerprint density at radius 3 is 2.32 bits per heavy atom. The quantitative estimate of drug-likeness (QED) is 0.453. The fourth-order valence-corrected chi connectivity index (χ4v) is 6.58. The lowest BCUT2D eigenvalue weighted by Gasteiger charge is -2.45. The Hall–Kier alpha value is -2.53. The molecule has 1 aromatic carbocycles. The van der Waals surface area contributed by atoms with Crippen molar-refractivity contribution in [3.05, 3.63) is 58.7 Å². The molecule has 0 aromatic heterocycles. The average Bonchev–Trinajstić information content (AvgIpc) is 3.21. The molecule has 34 heavy (non-hydrogen) atoms. The van der Waals surface area contributed by atoms with Crippen molar-refractivity contribution < 1.29 is 4.79 Å². The standard InChI is InChI=1S/C32H41NO/c1-8-22-9-10-25(17-22)29(34)33-28-12-11-24(26-19-31(4,5)21-32(6,7)20-26)18-27(28)23-13-15-30(2,3)16-14-23/h1,9-13,18,26H,14-17,19-21H2,2-7H3,(H,33,34). The minimum atomic E-state index is -0.0489. The first kappa shape index (κ1) is 24.6. The smallest absolute Gasteiger partial charge is 0.251 e. The van der Waals surface area contributed by atoms with Gasteiger partial charge in [-0.15, -0.1) is 6.42 Å². The minimum Gasteiger partial charge on any atom is -0.322 e. The van der Waals surface area contributed by atoms with Gasteiger partial charge < -0.3 is 5.32 Å². The zero-order chi connectivity index (χ0) is 24.7. The second kappa shape index (κ2) is 8.92. The van der Waals surface area contributed by atoms with Crippen molar-refractivity contribution in [2.24, 2.45) is 16.2 Å². The van der Waals surface area contributed by atoms with E-state index in [-0.39, 0.29) is 5.91 Å². The molecule has 1 saturated carbocycles. The molecular formula is C32H41NO. The number of benzene rings is 1. The maximum atomic E-state index is 13.1. The van der Waals surface area contributed by atoms with E-state index in [9.17, 15) is 4.79 Å². The monoisotopic (exact) mass is 455 g/mol. The van der Waals surface area contributed by atoms with Crippen molar-refractivity contribution in [1.82, 2.24) is 0 Å². The Morgan fingerprint density at radius 2 is 1.74 bits per heavy atom. The van der Waals surface area contributed by atoms with Crippen LogP contribution in [0, 0.1) is 28.6 Å². The van der Waals surface area contributed by atoms with Gasteiger partial charge in [0.2, 0.25) is 0 Å². The summed E-state index contributed by atoms with van der Waals surface area (Å²) in [4.78, 5) is 13.1. The number of carbonyl (C=O) groups is 1. The van der Waals surface area contributed by atoms with Gasteiger partial charge >= 0.3 is 0 Å². The lowest BCUT2D eigenvalue weighted by molar-refractivity contribution is -0.112. The van der Waals surface area contributed by atoms with E-state index < -0.39 is 0 Å². The van der Waals surface area contributed by atoms with Crippen LogP contribution in [0.4, 0.5) is 5.69 Å². The molecule has 4 rings (SSSR count). The van der Waals surface area contributed by atoms with Crippen LogP contribution in [0.15, 0.2) is 47.6 Å². The van der Waals surface area contributed by atoms with Gasteiger partial charge in [-0.3, -0.25) is 4.79 Å². The number of anilines is 1. The Bertz CT molecular complexity index is 1100. The highest BCUT2D eigenvalue weighted by molar-refractivity contribution is 6.06. The summed E-state index contributed by atoms with van der Waals surface area (Å²) in [5.74, 6) is 3.16. The number of nitrogens with one attached hydrogen (secondary N) is 1. The number of hydrogen-bond donors (Lipinski definition) is 1. The van der Waals surface area contributed by atoms with Crippen molar-refractivity contribution in [3.63, 3.8) is 0 Å². The van der Waals surface area contributed by atoms with Crippen molar-refractivity contribution in [2.45, 2.75) is 92.4 Å². The van der Waals surface area contributed by atoms with Crippen LogP contribution in [0.25, 0.3) is 5.57 Å². The highest BCUT2D eigenvalue weighted by atomic mass is 16.1. The van der Waals surface area contributed by atoms with Gasteiger partial charge in [-0.1, -0.05) is 65.7 Å². The largest absolute Gasteiger partial charge is 0.322 e. The summed E-state index contributed by atoms with van der Waals surface area (Å²) in [5.41, 5.74) is 7.51. The van der Waals surface area contributed by atoms with Crippen LogP contribution in [0.1, 0.15) is 104 Å². The molecule has 2 nitrogen and oxygen atoms in total. The van der Waals surface area contributed by atoms with Gasteiger partial charge in [-0.25, -0.2) is 0 Å². The van der Waals surface area contributed by atoms with E-state index in [1.807, 2.05) is 12.2 Å². The number of amides is 1. The molecule has 1 aromatic rings. The first-order valence-electron chi connectivity index (χ1n) is 12.9. The predicted molar refractivity (Wildman–Crippen MR) is 144 cm³/mol. The normalized spacial score (nSPS) is 23.4. The molecule has 0 aliphatic heterocycles. The Kier molecular flexibility index (Phi) is 6.45. The van der Waals surface area contributed by atoms with Crippen molar-refractivity contribution in [2.75, 3.05) is 5.32 Å². The molecule has 0 saturated heterocycles. The van der Waals surface area contributed by atoms with E-state index in [2.05, 4.69) is 77.1 Å². The minimum absolute atomic E-state index is 0.0489. The van der Waals surface area contributed by atoms with Gasteiger partial charge in [0.05, 0.1) is 0 Å². The molecule has 0 spiro atoms. The summed E-state index contributed by atoms with van der Waals surface area (Å²) in [6, 6.07) is 6.78. The number of rotatable bonds is 4. The molecule has 0 atom stereocenters. The Morgan fingerprint density at radius 1 is 1.03 bits per heavy atom. The van der Waals surface area contributed by atoms with Crippen LogP contribution < -0.4 is 5.32 Å². The van der Waals surface area contributed by atoms with Gasteiger partial charge in [0.1, 0.15) is 0 Å². The summed E-state index contributed by atoms with van der Waals surface area (Å²) in [6.45, 7) is 14.3. The highest BCUT2D eigenvalue weighted by Gasteiger charge is 2.39. The molecule has 0 radical (unpaired) electrons. The molecule has 0 heterocycles.